The van der Waals surface area contributed by atoms with Crippen LogP contribution in [0.3, 0.4) is 0 Å². The van der Waals surface area contributed by atoms with Crippen molar-refractivity contribution < 1.29 is 9.59 Å². The molecular formula is C21H28ClN5O2S. The maximum atomic E-state index is 12.6. The van der Waals surface area contributed by atoms with E-state index in [-0.39, 0.29) is 17.9 Å². The van der Waals surface area contributed by atoms with Crippen molar-refractivity contribution in [3.63, 3.8) is 0 Å². The fraction of sp³-hybridized carbons (Fsp3) is 0.524. The highest BCUT2D eigenvalue weighted by Crippen LogP contribution is 2.24. The van der Waals surface area contributed by atoms with Crippen molar-refractivity contribution in [2.45, 2.75) is 51.2 Å². The number of amides is 2. The van der Waals surface area contributed by atoms with Crippen molar-refractivity contribution in [2.24, 2.45) is 0 Å². The maximum Gasteiger partial charge on any atom is 0.222 e. The number of hydrogen-bond acceptors (Lipinski definition) is 5. The first kappa shape index (κ1) is 22.6. The third kappa shape index (κ3) is 5.35. The first-order valence-corrected chi connectivity index (χ1v) is 11.6. The van der Waals surface area contributed by atoms with Gasteiger partial charge in [-0.25, -0.2) is 0 Å². The van der Waals surface area contributed by atoms with Crippen LogP contribution < -0.4 is 0 Å². The number of rotatable bonds is 7. The van der Waals surface area contributed by atoms with E-state index in [2.05, 4.69) is 10.2 Å². The second-order valence-corrected chi connectivity index (χ2v) is 8.93. The number of piperazine rings is 1. The number of nitrogens with zero attached hydrogens (tertiary/aromatic N) is 5. The van der Waals surface area contributed by atoms with Crippen LogP contribution in [0.25, 0.3) is 5.69 Å². The number of aryl methyl sites for hydroxylation is 1. The summed E-state index contributed by atoms with van der Waals surface area (Å²) < 4.78 is 1.98. The molecule has 0 radical (unpaired) electrons. The van der Waals surface area contributed by atoms with Crippen molar-refractivity contribution >= 4 is 35.2 Å². The van der Waals surface area contributed by atoms with Crippen molar-refractivity contribution in [3.8, 4) is 5.69 Å². The van der Waals surface area contributed by atoms with E-state index in [1.54, 1.807) is 11.8 Å². The van der Waals surface area contributed by atoms with Crippen molar-refractivity contribution in [1.29, 1.82) is 0 Å². The van der Waals surface area contributed by atoms with Gasteiger partial charge in [0.2, 0.25) is 11.8 Å². The zero-order valence-corrected chi connectivity index (χ0v) is 19.2. The molecule has 1 atom stereocenters. The lowest BCUT2D eigenvalue weighted by Gasteiger charge is -2.40. The van der Waals surface area contributed by atoms with Gasteiger partial charge >= 0.3 is 0 Å². The Morgan fingerprint density at radius 2 is 2.03 bits per heavy atom. The van der Waals surface area contributed by atoms with E-state index < -0.39 is 0 Å². The number of benzene rings is 1. The summed E-state index contributed by atoms with van der Waals surface area (Å²) in [5.41, 5.74) is 0.928. The van der Waals surface area contributed by atoms with E-state index in [9.17, 15) is 9.59 Å². The van der Waals surface area contributed by atoms with E-state index in [4.69, 9.17) is 11.6 Å². The number of thioether (sulfide) groups is 1. The molecule has 1 aromatic heterocycles. The topological polar surface area (TPSA) is 71.3 Å². The molecule has 1 unspecified atom stereocenters. The Balaban J connectivity index is 1.49. The van der Waals surface area contributed by atoms with Crippen LogP contribution in [0.1, 0.15) is 38.9 Å². The first-order valence-electron chi connectivity index (χ1n) is 10.3. The molecule has 162 valence electrons. The second-order valence-electron chi connectivity index (χ2n) is 7.43. The Labute approximate surface area is 186 Å². The van der Waals surface area contributed by atoms with E-state index in [0.717, 1.165) is 28.8 Å². The van der Waals surface area contributed by atoms with Gasteiger partial charge in [-0.3, -0.25) is 14.2 Å². The third-order valence-corrected chi connectivity index (χ3v) is 6.48. The predicted octanol–water partition coefficient (Wildman–Crippen LogP) is 3.57. The minimum absolute atomic E-state index is 0.0729. The minimum Gasteiger partial charge on any atom is -0.339 e. The molecule has 30 heavy (non-hydrogen) atoms. The molecular weight excluding hydrogens is 422 g/mol. The molecule has 1 aromatic carbocycles. The molecule has 0 aliphatic carbocycles. The number of carbonyl (C=O) groups is 2. The summed E-state index contributed by atoms with van der Waals surface area (Å²) in [5.74, 6) is 1.88. The van der Waals surface area contributed by atoms with Gasteiger partial charge < -0.3 is 9.80 Å². The summed E-state index contributed by atoms with van der Waals surface area (Å²) in [5, 5.41) is 9.92. The maximum absolute atomic E-state index is 12.6. The molecule has 3 rings (SSSR count). The number of halogens is 1. The van der Waals surface area contributed by atoms with Crippen LogP contribution in [0.2, 0.25) is 5.02 Å². The molecule has 1 aliphatic heterocycles. The predicted molar refractivity (Wildman–Crippen MR) is 119 cm³/mol. The van der Waals surface area contributed by atoms with Crippen molar-refractivity contribution in [3.05, 3.63) is 35.1 Å². The number of hydrogen-bond donors (Lipinski definition) is 0. The summed E-state index contributed by atoms with van der Waals surface area (Å²) in [7, 11) is 0. The van der Waals surface area contributed by atoms with Crippen LogP contribution in [-0.2, 0) is 9.59 Å². The highest BCUT2D eigenvalue weighted by molar-refractivity contribution is 7.99. The zero-order chi connectivity index (χ0) is 21.7. The van der Waals surface area contributed by atoms with Crippen LogP contribution in [0.4, 0.5) is 0 Å². The van der Waals surface area contributed by atoms with Crippen LogP contribution in [0, 0.1) is 6.92 Å². The molecule has 1 aliphatic rings. The lowest BCUT2D eigenvalue weighted by atomic mass is 10.1. The molecule has 0 N–H and O–H groups in total. The highest BCUT2D eigenvalue weighted by Gasteiger charge is 2.28. The summed E-state index contributed by atoms with van der Waals surface area (Å²) >= 11 is 7.71. The van der Waals surface area contributed by atoms with Gasteiger partial charge in [-0.2, -0.15) is 0 Å². The lowest BCUT2D eigenvalue weighted by Crippen LogP contribution is -2.55. The van der Waals surface area contributed by atoms with Gasteiger partial charge in [0.25, 0.3) is 0 Å². The highest BCUT2D eigenvalue weighted by atomic mass is 35.5. The monoisotopic (exact) mass is 449 g/mol. The van der Waals surface area contributed by atoms with Gasteiger partial charge in [0.05, 0.1) is 5.69 Å². The molecule has 7 nitrogen and oxygen atoms in total. The van der Waals surface area contributed by atoms with Crippen LogP contribution in [0.5, 0.6) is 0 Å². The molecule has 1 fully saturated rings. The SMILES string of the molecule is CCC(=O)N1CCN(C(=O)CCCSc2nnc(C)n2-c2cccc(Cl)c2)CC1C. The molecule has 0 spiro atoms. The fourth-order valence-electron chi connectivity index (χ4n) is 3.65. The number of aromatic nitrogens is 3. The van der Waals surface area contributed by atoms with E-state index in [1.165, 1.54) is 0 Å². The summed E-state index contributed by atoms with van der Waals surface area (Å²) in [6.07, 6.45) is 1.76. The van der Waals surface area contributed by atoms with E-state index >= 15 is 0 Å². The van der Waals surface area contributed by atoms with Crippen molar-refractivity contribution in [1.82, 2.24) is 24.6 Å². The average molecular weight is 450 g/mol. The average Bonchev–Trinajstić information content (AvgIpc) is 3.10. The number of carbonyl (C=O) groups excluding carboxylic acids is 2. The fourth-order valence-corrected chi connectivity index (χ4v) is 4.77. The Hall–Kier alpha value is -2.06. The quantitative estimate of drug-likeness (QED) is 0.477. The summed E-state index contributed by atoms with van der Waals surface area (Å²) in [4.78, 5) is 28.3. The molecule has 2 amide bonds. The van der Waals surface area contributed by atoms with Gasteiger partial charge in [-0.1, -0.05) is 36.4 Å². The van der Waals surface area contributed by atoms with E-state index in [0.29, 0.717) is 37.5 Å². The Kier molecular flexibility index (Phi) is 7.77. The van der Waals surface area contributed by atoms with Gasteiger partial charge in [-0.05, 0) is 38.5 Å². The second kappa shape index (κ2) is 10.3. The van der Waals surface area contributed by atoms with Crippen LogP contribution in [-0.4, -0.2) is 67.8 Å². The van der Waals surface area contributed by atoms with Gasteiger partial charge in [0, 0.05) is 49.3 Å². The smallest absolute Gasteiger partial charge is 0.222 e. The van der Waals surface area contributed by atoms with Gasteiger partial charge in [0.1, 0.15) is 5.82 Å². The summed E-state index contributed by atoms with van der Waals surface area (Å²) in [6, 6.07) is 7.67. The standard InChI is InChI=1S/C21H28ClN5O2S/c1-4-19(28)26-11-10-25(14-15(26)2)20(29)9-6-12-30-21-24-23-16(3)27(21)18-8-5-7-17(22)13-18/h5,7-8,13,15H,4,6,9-12,14H2,1-3H3. The third-order valence-electron chi connectivity index (χ3n) is 5.23. The zero-order valence-electron chi connectivity index (χ0n) is 17.7. The summed E-state index contributed by atoms with van der Waals surface area (Å²) in [6.45, 7) is 7.64. The molecule has 0 bridgehead atoms. The first-order chi connectivity index (χ1) is 14.4. The molecule has 9 heteroatoms. The van der Waals surface area contributed by atoms with Gasteiger partial charge in [-0.15, -0.1) is 10.2 Å². The molecule has 2 heterocycles. The van der Waals surface area contributed by atoms with Crippen LogP contribution in [0.15, 0.2) is 29.4 Å². The lowest BCUT2D eigenvalue weighted by molar-refractivity contribution is -0.142. The van der Waals surface area contributed by atoms with Crippen LogP contribution >= 0.6 is 23.4 Å². The van der Waals surface area contributed by atoms with Gasteiger partial charge in [0.15, 0.2) is 5.16 Å². The normalized spacial score (nSPS) is 16.7. The molecule has 2 aromatic rings. The Morgan fingerprint density at radius 1 is 1.23 bits per heavy atom. The Bertz CT molecular complexity index is 903. The van der Waals surface area contributed by atoms with E-state index in [1.807, 2.05) is 59.4 Å². The Morgan fingerprint density at radius 3 is 2.73 bits per heavy atom. The minimum atomic E-state index is 0.0729. The molecule has 1 saturated heterocycles. The van der Waals surface area contributed by atoms with Crippen molar-refractivity contribution in [2.75, 3.05) is 25.4 Å². The molecule has 0 saturated carbocycles. The largest absolute Gasteiger partial charge is 0.339 e.